The fraction of sp³-hybridized carbons (Fsp3) is 0.524. The quantitative estimate of drug-likeness (QED) is 0.749. The molecule has 1 aromatic carbocycles. The number of amides is 1. The largest absolute Gasteiger partial charge is 0.454 e. The summed E-state index contributed by atoms with van der Waals surface area (Å²) in [7, 11) is 0. The molecule has 1 amide bonds. The van der Waals surface area contributed by atoms with E-state index in [9.17, 15) is 18.0 Å². The highest BCUT2D eigenvalue weighted by Gasteiger charge is 2.47. The zero-order chi connectivity index (χ0) is 21.6. The van der Waals surface area contributed by atoms with Crippen LogP contribution in [0.3, 0.4) is 0 Å². The summed E-state index contributed by atoms with van der Waals surface area (Å²) < 4.78 is 53.2. The van der Waals surface area contributed by atoms with Crippen molar-refractivity contribution in [2.75, 3.05) is 12.1 Å². The third-order valence-electron chi connectivity index (χ3n) is 6.16. The molecular weight excluding hydrogens is 413 g/mol. The average Bonchev–Trinajstić information content (AvgIpc) is 3.39. The van der Waals surface area contributed by atoms with Crippen LogP contribution in [0, 0.1) is 0 Å². The van der Waals surface area contributed by atoms with E-state index in [1.807, 2.05) is 0 Å². The number of benzene rings is 1. The summed E-state index contributed by atoms with van der Waals surface area (Å²) in [6.45, 7) is 0.0916. The van der Waals surface area contributed by atoms with E-state index in [2.05, 4.69) is 15.7 Å². The predicted octanol–water partition coefficient (Wildman–Crippen LogP) is 4.33. The number of carbonyl (C=O) groups is 1. The van der Waals surface area contributed by atoms with Gasteiger partial charge in [0.2, 0.25) is 6.79 Å². The monoisotopic (exact) mass is 436 g/mol. The zero-order valence-electron chi connectivity index (χ0n) is 16.7. The number of nitrogens with zero attached hydrogens (tertiary/aromatic N) is 2. The molecule has 2 aromatic rings. The Morgan fingerprint density at radius 2 is 1.90 bits per heavy atom. The molecule has 2 aliphatic heterocycles. The van der Waals surface area contributed by atoms with Crippen LogP contribution in [0.25, 0.3) is 0 Å². The van der Waals surface area contributed by atoms with Crippen LogP contribution in [0.5, 0.6) is 11.5 Å². The molecule has 0 spiro atoms. The maximum Gasteiger partial charge on any atom is 0.410 e. The minimum Gasteiger partial charge on any atom is -0.454 e. The van der Waals surface area contributed by atoms with Crippen molar-refractivity contribution < 1.29 is 27.4 Å². The van der Waals surface area contributed by atoms with E-state index in [1.165, 1.54) is 6.07 Å². The first-order chi connectivity index (χ1) is 14.9. The summed E-state index contributed by atoms with van der Waals surface area (Å²) >= 11 is 0. The summed E-state index contributed by atoms with van der Waals surface area (Å²) in [6, 6.07) is 4.10. The summed E-state index contributed by atoms with van der Waals surface area (Å²) in [5, 5.41) is 10.1. The minimum absolute atomic E-state index is 0.00587. The molecule has 1 fully saturated rings. The van der Waals surface area contributed by atoms with E-state index < -0.39 is 24.2 Å². The van der Waals surface area contributed by atoms with Gasteiger partial charge in [0.1, 0.15) is 5.82 Å². The molecule has 1 aromatic heterocycles. The molecule has 3 heterocycles. The molecule has 10 heteroatoms. The van der Waals surface area contributed by atoms with Gasteiger partial charge in [0.15, 0.2) is 23.2 Å². The van der Waals surface area contributed by atoms with Gasteiger partial charge in [-0.3, -0.25) is 4.79 Å². The second-order valence-corrected chi connectivity index (χ2v) is 8.27. The Kier molecular flexibility index (Phi) is 4.94. The Bertz CT molecular complexity index is 985. The second-order valence-electron chi connectivity index (χ2n) is 8.27. The first-order valence-electron chi connectivity index (χ1n) is 10.5. The Morgan fingerprint density at radius 1 is 1.13 bits per heavy atom. The lowest BCUT2D eigenvalue weighted by molar-refractivity contribution is -0.173. The summed E-state index contributed by atoms with van der Waals surface area (Å²) in [5.41, 5.74) is 0.646. The van der Waals surface area contributed by atoms with Crippen molar-refractivity contribution in [2.24, 2.45) is 0 Å². The highest BCUT2D eigenvalue weighted by molar-refractivity contribution is 5.93. The van der Waals surface area contributed by atoms with Gasteiger partial charge in [0.05, 0.1) is 6.04 Å². The van der Waals surface area contributed by atoms with Crippen molar-refractivity contribution in [3.63, 3.8) is 0 Å². The molecule has 2 unspecified atom stereocenters. The standard InChI is InChI=1S/C21H23F3N4O3/c22-21(23,24)18-9-14(12-6-7-16-17(8-12)31-11-30-16)26-19-10-15(27-28(18)19)20(29)25-13-4-2-1-3-5-13/h6-8,10,13-14,18,26H,1-5,9,11H2,(H,25,29). The number of anilines is 1. The Balaban J connectivity index is 1.41. The first kappa shape index (κ1) is 20.0. The predicted molar refractivity (Wildman–Crippen MR) is 105 cm³/mol. The van der Waals surface area contributed by atoms with E-state index in [1.54, 1.807) is 18.2 Å². The van der Waals surface area contributed by atoms with Crippen LogP contribution in [0.2, 0.25) is 0 Å². The van der Waals surface area contributed by atoms with Gasteiger partial charge in [0, 0.05) is 18.5 Å². The number of alkyl halides is 3. The molecule has 0 saturated heterocycles. The number of carbonyl (C=O) groups excluding carboxylic acids is 1. The SMILES string of the molecule is O=C(NC1CCCCC1)c1cc2n(n1)C(C(F)(F)F)CC(c1ccc3c(c1)OCO3)N2. The van der Waals surface area contributed by atoms with Gasteiger partial charge in [-0.15, -0.1) is 0 Å². The first-order valence-corrected chi connectivity index (χ1v) is 10.5. The molecule has 3 aliphatic rings. The van der Waals surface area contributed by atoms with Crippen LogP contribution in [0.4, 0.5) is 19.0 Å². The van der Waals surface area contributed by atoms with E-state index >= 15 is 0 Å². The Hall–Kier alpha value is -2.91. The van der Waals surface area contributed by atoms with Crippen molar-refractivity contribution >= 4 is 11.7 Å². The molecule has 0 radical (unpaired) electrons. The second kappa shape index (κ2) is 7.65. The normalized spacial score (nSPS) is 23.2. The highest BCUT2D eigenvalue weighted by Crippen LogP contribution is 2.45. The third-order valence-corrected chi connectivity index (χ3v) is 6.16. The van der Waals surface area contributed by atoms with Crippen LogP contribution in [0.15, 0.2) is 24.3 Å². The molecular formula is C21H23F3N4O3. The molecule has 0 bridgehead atoms. The van der Waals surface area contributed by atoms with Crippen LogP contribution in [0.1, 0.15) is 66.7 Å². The number of rotatable bonds is 3. The maximum atomic E-state index is 13.9. The number of hydrogen-bond donors (Lipinski definition) is 2. The van der Waals surface area contributed by atoms with Gasteiger partial charge in [-0.1, -0.05) is 25.3 Å². The minimum atomic E-state index is -4.51. The van der Waals surface area contributed by atoms with Gasteiger partial charge in [-0.25, -0.2) is 4.68 Å². The van der Waals surface area contributed by atoms with E-state index in [0.717, 1.165) is 36.8 Å². The smallest absolute Gasteiger partial charge is 0.410 e. The van der Waals surface area contributed by atoms with Crippen molar-refractivity contribution in [1.29, 1.82) is 0 Å². The molecule has 166 valence electrons. The molecule has 31 heavy (non-hydrogen) atoms. The number of ether oxygens (including phenoxy) is 2. The molecule has 2 atom stereocenters. The van der Waals surface area contributed by atoms with Gasteiger partial charge in [0.25, 0.3) is 5.91 Å². The number of halogens is 3. The fourth-order valence-electron chi connectivity index (χ4n) is 4.54. The Morgan fingerprint density at radius 3 is 2.68 bits per heavy atom. The summed E-state index contributed by atoms with van der Waals surface area (Å²) in [6.07, 6.45) is 0.239. The molecule has 7 nitrogen and oxygen atoms in total. The maximum absolute atomic E-state index is 13.9. The van der Waals surface area contributed by atoms with E-state index in [-0.39, 0.29) is 30.8 Å². The van der Waals surface area contributed by atoms with E-state index in [4.69, 9.17) is 9.47 Å². The topological polar surface area (TPSA) is 77.4 Å². The number of nitrogens with one attached hydrogen (secondary N) is 2. The van der Waals surface area contributed by atoms with Gasteiger partial charge in [-0.05, 0) is 30.5 Å². The van der Waals surface area contributed by atoms with Gasteiger partial charge >= 0.3 is 6.18 Å². The van der Waals surface area contributed by atoms with Gasteiger partial charge < -0.3 is 20.1 Å². The number of aromatic nitrogens is 2. The van der Waals surface area contributed by atoms with Gasteiger partial charge in [-0.2, -0.15) is 18.3 Å². The van der Waals surface area contributed by atoms with Crippen molar-refractivity contribution in [1.82, 2.24) is 15.1 Å². The van der Waals surface area contributed by atoms with Crippen LogP contribution in [-0.2, 0) is 0 Å². The molecule has 1 aliphatic carbocycles. The van der Waals surface area contributed by atoms with Crippen LogP contribution in [-0.4, -0.2) is 34.7 Å². The highest BCUT2D eigenvalue weighted by atomic mass is 19.4. The number of hydrogen-bond acceptors (Lipinski definition) is 5. The fourth-order valence-corrected chi connectivity index (χ4v) is 4.54. The van der Waals surface area contributed by atoms with E-state index in [0.29, 0.717) is 17.1 Å². The molecule has 2 N–H and O–H groups in total. The number of fused-ring (bicyclic) bond motifs is 2. The van der Waals surface area contributed by atoms with Crippen LogP contribution >= 0.6 is 0 Å². The average molecular weight is 436 g/mol. The lowest BCUT2D eigenvalue weighted by atomic mass is 9.95. The lowest BCUT2D eigenvalue weighted by Gasteiger charge is -2.33. The molecule has 5 rings (SSSR count). The third kappa shape index (κ3) is 3.90. The summed E-state index contributed by atoms with van der Waals surface area (Å²) in [4.78, 5) is 12.6. The lowest BCUT2D eigenvalue weighted by Crippen LogP contribution is -2.37. The summed E-state index contributed by atoms with van der Waals surface area (Å²) in [5.74, 6) is 0.814. The zero-order valence-corrected chi connectivity index (χ0v) is 16.7. The molecule has 1 saturated carbocycles. The van der Waals surface area contributed by atoms with Crippen molar-refractivity contribution in [3.8, 4) is 11.5 Å². The van der Waals surface area contributed by atoms with Crippen molar-refractivity contribution in [2.45, 2.75) is 62.8 Å². The Labute approximate surface area is 176 Å². The van der Waals surface area contributed by atoms with Crippen molar-refractivity contribution in [3.05, 3.63) is 35.5 Å². The van der Waals surface area contributed by atoms with Crippen LogP contribution < -0.4 is 20.1 Å².